The predicted molar refractivity (Wildman–Crippen MR) is 66.4 cm³/mol. The summed E-state index contributed by atoms with van der Waals surface area (Å²) >= 11 is 5.82. The van der Waals surface area contributed by atoms with Crippen molar-refractivity contribution in [3.8, 4) is 0 Å². The van der Waals surface area contributed by atoms with E-state index in [9.17, 15) is 4.79 Å². The molecule has 1 aromatic heterocycles. The van der Waals surface area contributed by atoms with Crippen molar-refractivity contribution < 1.29 is 9.21 Å². The van der Waals surface area contributed by atoms with Crippen molar-refractivity contribution >= 4 is 28.5 Å². The SMILES string of the molecule is O=C(NC1(CCl)CC1)c1cc2ccccc2o1. The Hall–Kier alpha value is -1.48. The molecule has 1 aliphatic rings. The quantitative estimate of drug-likeness (QED) is 0.850. The van der Waals surface area contributed by atoms with E-state index in [0.29, 0.717) is 11.6 Å². The molecule has 0 unspecified atom stereocenters. The molecule has 1 aromatic carbocycles. The summed E-state index contributed by atoms with van der Waals surface area (Å²) in [5, 5.41) is 3.87. The molecule has 3 nitrogen and oxygen atoms in total. The molecule has 0 bridgehead atoms. The number of amides is 1. The van der Waals surface area contributed by atoms with Crippen LogP contribution >= 0.6 is 11.6 Å². The van der Waals surface area contributed by atoms with Crippen LogP contribution in [0.25, 0.3) is 11.0 Å². The van der Waals surface area contributed by atoms with E-state index >= 15 is 0 Å². The number of alkyl halides is 1. The van der Waals surface area contributed by atoms with Gasteiger partial charge in [-0.1, -0.05) is 18.2 Å². The number of nitrogens with one attached hydrogen (secondary N) is 1. The number of hydrogen-bond donors (Lipinski definition) is 1. The lowest BCUT2D eigenvalue weighted by molar-refractivity contribution is 0.0910. The summed E-state index contributed by atoms with van der Waals surface area (Å²) in [5.41, 5.74) is 0.533. The molecule has 0 saturated heterocycles. The molecule has 0 atom stereocenters. The molecule has 0 radical (unpaired) electrons. The highest BCUT2D eigenvalue weighted by Crippen LogP contribution is 2.36. The number of fused-ring (bicyclic) bond motifs is 1. The summed E-state index contributed by atoms with van der Waals surface area (Å²) in [6.45, 7) is 0. The molecule has 0 aliphatic heterocycles. The van der Waals surface area contributed by atoms with Gasteiger partial charge in [-0.05, 0) is 25.0 Å². The number of benzene rings is 1. The molecular weight excluding hydrogens is 238 g/mol. The Morgan fingerprint density at radius 2 is 2.18 bits per heavy atom. The van der Waals surface area contributed by atoms with Crippen LogP contribution in [-0.2, 0) is 0 Å². The summed E-state index contributed by atoms with van der Waals surface area (Å²) < 4.78 is 5.49. The second-order valence-corrected chi connectivity index (χ2v) is 4.78. The fraction of sp³-hybridized carbons (Fsp3) is 0.308. The minimum atomic E-state index is -0.197. The first-order valence-electron chi connectivity index (χ1n) is 5.59. The van der Waals surface area contributed by atoms with Crippen molar-refractivity contribution in [2.45, 2.75) is 18.4 Å². The standard InChI is InChI=1S/C13H12ClNO2/c14-8-13(5-6-13)15-12(16)11-7-9-3-1-2-4-10(9)17-11/h1-4,7H,5-6,8H2,(H,15,16). The van der Waals surface area contributed by atoms with Gasteiger partial charge < -0.3 is 9.73 Å². The lowest BCUT2D eigenvalue weighted by atomic mass is 10.2. The molecule has 1 fully saturated rings. The predicted octanol–water partition coefficient (Wildman–Crippen LogP) is 2.93. The molecule has 0 spiro atoms. The van der Waals surface area contributed by atoms with E-state index < -0.39 is 0 Å². The van der Waals surface area contributed by atoms with Gasteiger partial charge in [-0.2, -0.15) is 0 Å². The van der Waals surface area contributed by atoms with Crippen molar-refractivity contribution in [1.82, 2.24) is 5.32 Å². The van der Waals surface area contributed by atoms with Crippen molar-refractivity contribution in [3.63, 3.8) is 0 Å². The Bertz CT molecular complexity index is 539. The Morgan fingerprint density at radius 3 is 2.82 bits per heavy atom. The van der Waals surface area contributed by atoms with Gasteiger partial charge >= 0.3 is 0 Å². The molecule has 17 heavy (non-hydrogen) atoms. The first-order valence-corrected chi connectivity index (χ1v) is 6.13. The third-order valence-corrected chi connectivity index (χ3v) is 3.65. The topological polar surface area (TPSA) is 42.2 Å². The Labute approximate surface area is 104 Å². The number of hydrogen-bond acceptors (Lipinski definition) is 2. The summed E-state index contributed by atoms with van der Waals surface area (Å²) in [6.07, 6.45) is 1.89. The lowest BCUT2D eigenvalue weighted by Crippen LogP contribution is -2.37. The van der Waals surface area contributed by atoms with Gasteiger partial charge in [-0.3, -0.25) is 4.79 Å². The van der Waals surface area contributed by atoms with E-state index in [4.69, 9.17) is 16.0 Å². The molecule has 2 aromatic rings. The Kier molecular flexibility index (Phi) is 2.37. The second kappa shape index (κ2) is 3.77. The van der Waals surface area contributed by atoms with Crippen LogP contribution in [0.5, 0.6) is 0 Å². The van der Waals surface area contributed by atoms with Crippen molar-refractivity contribution in [2.75, 3.05) is 5.88 Å². The van der Waals surface area contributed by atoms with Crippen molar-refractivity contribution in [2.24, 2.45) is 0 Å². The molecule has 1 saturated carbocycles. The van der Waals surface area contributed by atoms with Crippen LogP contribution in [0.2, 0.25) is 0 Å². The minimum Gasteiger partial charge on any atom is -0.451 e. The molecule has 88 valence electrons. The van der Waals surface area contributed by atoms with Crippen LogP contribution in [-0.4, -0.2) is 17.3 Å². The van der Waals surface area contributed by atoms with Gasteiger partial charge in [0.25, 0.3) is 5.91 Å². The number of carbonyl (C=O) groups is 1. The maximum atomic E-state index is 12.0. The summed E-state index contributed by atoms with van der Waals surface area (Å²) in [5.74, 6) is 0.626. The van der Waals surface area contributed by atoms with Gasteiger partial charge in [0.15, 0.2) is 5.76 Å². The maximum Gasteiger partial charge on any atom is 0.287 e. The molecule has 1 aliphatic carbocycles. The molecular formula is C13H12ClNO2. The van der Waals surface area contributed by atoms with E-state index in [-0.39, 0.29) is 11.4 Å². The van der Waals surface area contributed by atoms with Gasteiger partial charge in [0.2, 0.25) is 0 Å². The number of furan rings is 1. The van der Waals surface area contributed by atoms with Crippen LogP contribution in [0, 0.1) is 0 Å². The first-order chi connectivity index (χ1) is 8.22. The minimum absolute atomic E-state index is 0.181. The maximum absolute atomic E-state index is 12.0. The fourth-order valence-corrected chi connectivity index (χ4v) is 2.17. The average Bonchev–Trinajstić information content (AvgIpc) is 2.98. The van der Waals surface area contributed by atoms with Crippen LogP contribution < -0.4 is 5.32 Å². The zero-order valence-electron chi connectivity index (χ0n) is 9.20. The average molecular weight is 250 g/mol. The van der Waals surface area contributed by atoms with Gasteiger partial charge in [0.05, 0.1) is 5.54 Å². The van der Waals surface area contributed by atoms with Gasteiger partial charge in [-0.15, -0.1) is 11.6 Å². The highest BCUT2D eigenvalue weighted by Gasteiger charge is 2.43. The second-order valence-electron chi connectivity index (χ2n) is 4.52. The Balaban J connectivity index is 1.86. The third-order valence-electron chi connectivity index (χ3n) is 3.14. The van der Waals surface area contributed by atoms with Crippen LogP contribution in [0.15, 0.2) is 34.7 Å². The molecule has 1 heterocycles. The first kappa shape index (κ1) is 10.7. The summed E-state index contributed by atoms with van der Waals surface area (Å²) in [7, 11) is 0. The van der Waals surface area contributed by atoms with Crippen molar-refractivity contribution in [1.29, 1.82) is 0 Å². The smallest absolute Gasteiger partial charge is 0.287 e. The normalized spacial score (nSPS) is 17.0. The van der Waals surface area contributed by atoms with Crippen LogP contribution in [0.1, 0.15) is 23.4 Å². The highest BCUT2D eigenvalue weighted by atomic mass is 35.5. The zero-order chi connectivity index (χ0) is 11.9. The van der Waals surface area contributed by atoms with Crippen LogP contribution in [0.3, 0.4) is 0 Å². The fourth-order valence-electron chi connectivity index (χ4n) is 1.84. The highest BCUT2D eigenvalue weighted by molar-refractivity contribution is 6.19. The van der Waals surface area contributed by atoms with Gasteiger partial charge in [0, 0.05) is 11.3 Å². The molecule has 1 N–H and O–H groups in total. The van der Waals surface area contributed by atoms with E-state index in [1.807, 2.05) is 24.3 Å². The van der Waals surface area contributed by atoms with E-state index in [0.717, 1.165) is 23.8 Å². The number of para-hydroxylation sites is 1. The monoisotopic (exact) mass is 249 g/mol. The molecule has 3 rings (SSSR count). The van der Waals surface area contributed by atoms with Crippen LogP contribution in [0.4, 0.5) is 0 Å². The van der Waals surface area contributed by atoms with E-state index in [2.05, 4.69) is 5.32 Å². The summed E-state index contributed by atoms with van der Waals surface area (Å²) in [4.78, 5) is 12.0. The van der Waals surface area contributed by atoms with E-state index in [1.54, 1.807) is 6.07 Å². The van der Waals surface area contributed by atoms with Gasteiger partial charge in [-0.25, -0.2) is 0 Å². The molecule has 4 heteroatoms. The largest absolute Gasteiger partial charge is 0.451 e. The van der Waals surface area contributed by atoms with Gasteiger partial charge in [0.1, 0.15) is 5.58 Å². The number of halogens is 1. The number of rotatable bonds is 3. The van der Waals surface area contributed by atoms with E-state index in [1.165, 1.54) is 0 Å². The third kappa shape index (κ3) is 1.91. The Morgan fingerprint density at radius 1 is 1.41 bits per heavy atom. The summed E-state index contributed by atoms with van der Waals surface area (Å²) in [6, 6.07) is 9.33. The zero-order valence-corrected chi connectivity index (χ0v) is 9.96. The molecule has 1 amide bonds. The van der Waals surface area contributed by atoms with Crippen molar-refractivity contribution in [3.05, 3.63) is 36.1 Å². The lowest BCUT2D eigenvalue weighted by Gasteiger charge is -2.11. The number of carbonyl (C=O) groups excluding carboxylic acids is 1.